The van der Waals surface area contributed by atoms with Crippen LogP contribution in [0, 0.1) is 15.9 Å². The first kappa shape index (κ1) is 17.6. The Morgan fingerprint density at radius 2 is 2.15 bits per heavy atom. The molecule has 26 heavy (non-hydrogen) atoms. The predicted molar refractivity (Wildman–Crippen MR) is 91.0 cm³/mol. The fraction of sp³-hybridized carbons (Fsp3) is 0.125. The molecule has 0 saturated heterocycles. The Hall–Kier alpha value is -3.20. The molecule has 1 N–H and O–H groups in total. The lowest BCUT2D eigenvalue weighted by atomic mass is 10.2. The molecule has 2 amide bonds. The van der Waals surface area contributed by atoms with Gasteiger partial charge in [0.1, 0.15) is 12.3 Å². The number of nitro groups is 1. The third-order valence-electron chi connectivity index (χ3n) is 3.62. The van der Waals surface area contributed by atoms with Crippen LogP contribution in [0.5, 0.6) is 5.75 Å². The smallest absolute Gasteiger partial charge is 0.271 e. The highest BCUT2D eigenvalue weighted by Crippen LogP contribution is 2.35. The maximum absolute atomic E-state index is 13.9. The highest BCUT2D eigenvalue weighted by molar-refractivity contribution is 6.31. The van der Waals surface area contributed by atoms with Gasteiger partial charge in [0.25, 0.3) is 11.6 Å². The van der Waals surface area contributed by atoms with Gasteiger partial charge in [-0.15, -0.1) is 0 Å². The van der Waals surface area contributed by atoms with Gasteiger partial charge in [-0.1, -0.05) is 17.7 Å². The van der Waals surface area contributed by atoms with E-state index in [-0.39, 0.29) is 34.4 Å². The molecular weight excluding hydrogens is 369 g/mol. The van der Waals surface area contributed by atoms with Crippen molar-refractivity contribution in [2.75, 3.05) is 23.4 Å². The van der Waals surface area contributed by atoms with Gasteiger partial charge in [-0.2, -0.15) is 0 Å². The van der Waals surface area contributed by atoms with Crippen molar-refractivity contribution in [1.82, 2.24) is 0 Å². The van der Waals surface area contributed by atoms with Crippen LogP contribution in [0.4, 0.5) is 21.5 Å². The molecule has 0 spiro atoms. The normalized spacial score (nSPS) is 13.0. The number of fused-ring (bicyclic) bond motifs is 1. The van der Waals surface area contributed by atoms with E-state index >= 15 is 0 Å². The summed E-state index contributed by atoms with van der Waals surface area (Å²) >= 11 is 5.66. The molecular formula is C16H11ClFN3O5. The van der Waals surface area contributed by atoms with E-state index in [2.05, 4.69) is 5.32 Å². The number of ether oxygens (including phenoxy) is 1. The molecule has 0 bridgehead atoms. The van der Waals surface area contributed by atoms with Gasteiger partial charge in [0, 0.05) is 12.1 Å². The van der Waals surface area contributed by atoms with Crippen LogP contribution >= 0.6 is 11.6 Å². The van der Waals surface area contributed by atoms with Crippen LogP contribution in [0.15, 0.2) is 36.4 Å². The second-order valence-corrected chi connectivity index (χ2v) is 5.73. The first-order valence-corrected chi connectivity index (χ1v) is 7.70. The summed E-state index contributed by atoms with van der Waals surface area (Å²) in [7, 11) is 0. The molecule has 1 aliphatic rings. The fourth-order valence-electron chi connectivity index (χ4n) is 2.41. The van der Waals surface area contributed by atoms with Crippen molar-refractivity contribution in [2.45, 2.75) is 0 Å². The Kier molecular flexibility index (Phi) is 4.72. The highest BCUT2D eigenvalue weighted by atomic mass is 35.5. The van der Waals surface area contributed by atoms with Crippen molar-refractivity contribution in [1.29, 1.82) is 0 Å². The van der Waals surface area contributed by atoms with Crippen molar-refractivity contribution in [3.05, 3.63) is 57.4 Å². The van der Waals surface area contributed by atoms with Crippen LogP contribution < -0.4 is 15.0 Å². The molecule has 0 unspecified atom stereocenters. The van der Waals surface area contributed by atoms with E-state index in [0.717, 1.165) is 11.0 Å². The van der Waals surface area contributed by atoms with Crippen LogP contribution in [-0.2, 0) is 9.59 Å². The summed E-state index contributed by atoms with van der Waals surface area (Å²) in [5, 5.41) is 13.1. The lowest BCUT2D eigenvalue weighted by Crippen LogP contribution is -2.43. The highest BCUT2D eigenvalue weighted by Gasteiger charge is 2.29. The van der Waals surface area contributed by atoms with Gasteiger partial charge in [0.05, 0.1) is 21.3 Å². The Morgan fingerprint density at radius 3 is 2.88 bits per heavy atom. The standard InChI is InChI=1S/C16H11ClFN3O5/c17-10-2-1-3-11(16(10)18)19-14(22)7-20-12-6-9(21(24)25)4-5-13(12)26-8-15(20)23/h1-6H,7-8H2,(H,19,22). The summed E-state index contributed by atoms with van der Waals surface area (Å²) in [6.45, 7) is -0.786. The fourth-order valence-corrected chi connectivity index (χ4v) is 2.59. The van der Waals surface area contributed by atoms with E-state index in [1.807, 2.05) is 0 Å². The largest absolute Gasteiger partial charge is 0.482 e. The van der Waals surface area contributed by atoms with Crippen LogP contribution in [0.2, 0.25) is 5.02 Å². The second-order valence-electron chi connectivity index (χ2n) is 5.33. The molecule has 2 aromatic carbocycles. The molecule has 2 aromatic rings. The Morgan fingerprint density at radius 1 is 1.38 bits per heavy atom. The minimum absolute atomic E-state index is 0.0946. The quantitative estimate of drug-likeness (QED) is 0.650. The Bertz CT molecular complexity index is 921. The predicted octanol–water partition coefficient (Wildman–Crippen LogP) is 2.75. The maximum atomic E-state index is 13.9. The molecule has 0 saturated carbocycles. The number of nitro benzene ring substituents is 1. The van der Waals surface area contributed by atoms with Gasteiger partial charge in [-0.25, -0.2) is 4.39 Å². The van der Waals surface area contributed by atoms with E-state index in [1.54, 1.807) is 0 Å². The van der Waals surface area contributed by atoms with E-state index in [9.17, 15) is 24.1 Å². The molecule has 8 nitrogen and oxygen atoms in total. The summed E-state index contributed by atoms with van der Waals surface area (Å²) < 4.78 is 19.1. The van der Waals surface area contributed by atoms with Gasteiger partial charge in [0.15, 0.2) is 12.4 Å². The third-order valence-corrected chi connectivity index (χ3v) is 3.92. The summed E-state index contributed by atoms with van der Waals surface area (Å²) in [6, 6.07) is 7.82. The number of hydrogen-bond acceptors (Lipinski definition) is 5. The molecule has 1 aliphatic heterocycles. The molecule has 0 atom stereocenters. The van der Waals surface area contributed by atoms with E-state index in [1.165, 1.54) is 30.3 Å². The molecule has 0 aliphatic carbocycles. The first-order valence-electron chi connectivity index (χ1n) is 7.32. The van der Waals surface area contributed by atoms with Crippen molar-refractivity contribution in [3.63, 3.8) is 0 Å². The minimum atomic E-state index is -0.799. The zero-order chi connectivity index (χ0) is 18.8. The number of halogens is 2. The zero-order valence-electron chi connectivity index (χ0n) is 13.1. The number of carbonyl (C=O) groups is 2. The second kappa shape index (κ2) is 6.96. The number of benzene rings is 2. The average molecular weight is 380 g/mol. The van der Waals surface area contributed by atoms with Crippen LogP contribution in [0.25, 0.3) is 0 Å². The number of hydrogen-bond donors (Lipinski definition) is 1. The van der Waals surface area contributed by atoms with Crippen LogP contribution in [-0.4, -0.2) is 29.9 Å². The number of nitrogens with one attached hydrogen (secondary N) is 1. The lowest BCUT2D eigenvalue weighted by Gasteiger charge is -2.28. The average Bonchev–Trinajstić information content (AvgIpc) is 2.61. The van der Waals surface area contributed by atoms with Crippen molar-refractivity contribution in [2.24, 2.45) is 0 Å². The molecule has 3 rings (SSSR count). The van der Waals surface area contributed by atoms with Crippen molar-refractivity contribution < 1.29 is 23.6 Å². The van der Waals surface area contributed by atoms with E-state index < -0.39 is 29.1 Å². The number of nitrogens with zero attached hydrogens (tertiary/aromatic N) is 2. The van der Waals surface area contributed by atoms with Gasteiger partial charge in [-0.3, -0.25) is 24.6 Å². The van der Waals surface area contributed by atoms with Crippen molar-refractivity contribution >= 4 is 40.5 Å². The number of carbonyl (C=O) groups excluding carboxylic acids is 2. The zero-order valence-corrected chi connectivity index (χ0v) is 13.8. The van der Waals surface area contributed by atoms with Crippen molar-refractivity contribution in [3.8, 4) is 5.75 Å². The number of amides is 2. The number of anilines is 2. The molecule has 10 heteroatoms. The lowest BCUT2D eigenvalue weighted by molar-refractivity contribution is -0.384. The van der Waals surface area contributed by atoms with E-state index in [4.69, 9.17) is 16.3 Å². The monoisotopic (exact) mass is 379 g/mol. The molecule has 134 valence electrons. The summed E-state index contributed by atoms with van der Waals surface area (Å²) in [4.78, 5) is 35.7. The topological polar surface area (TPSA) is 102 Å². The number of rotatable bonds is 4. The van der Waals surface area contributed by atoms with Gasteiger partial charge in [-0.05, 0) is 18.2 Å². The molecule has 0 radical (unpaired) electrons. The van der Waals surface area contributed by atoms with Crippen LogP contribution in [0.3, 0.4) is 0 Å². The summed E-state index contributed by atoms with van der Waals surface area (Å²) in [5.74, 6) is -1.82. The molecule has 0 aromatic heterocycles. The maximum Gasteiger partial charge on any atom is 0.271 e. The Labute approximate surface area is 151 Å². The third kappa shape index (κ3) is 3.42. The number of non-ortho nitro benzene ring substituents is 1. The van der Waals surface area contributed by atoms with Gasteiger partial charge >= 0.3 is 0 Å². The summed E-state index contributed by atoms with van der Waals surface area (Å²) in [5.41, 5.74) is -0.298. The summed E-state index contributed by atoms with van der Waals surface area (Å²) in [6.07, 6.45) is 0. The first-order chi connectivity index (χ1) is 12.4. The van der Waals surface area contributed by atoms with Gasteiger partial charge < -0.3 is 10.1 Å². The van der Waals surface area contributed by atoms with Gasteiger partial charge in [0.2, 0.25) is 5.91 Å². The Balaban J connectivity index is 1.84. The molecule has 0 fully saturated rings. The van der Waals surface area contributed by atoms with Crippen LogP contribution in [0.1, 0.15) is 0 Å². The SMILES string of the molecule is O=C(CN1C(=O)COc2ccc([N+](=O)[O-])cc21)Nc1cccc(Cl)c1F. The van der Waals surface area contributed by atoms with E-state index in [0.29, 0.717) is 0 Å². The minimum Gasteiger partial charge on any atom is -0.482 e. The molecule has 1 heterocycles.